The molecule has 0 bridgehead atoms. The van der Waals surface area contributed by atoms with Crippen LogP contribution in [0.4, 0.5) is 5.69 Å². The van der Waals surface area contributed by atoms with E-state index in [1.807, 2.05) is 0 Å². The van der Waals surface area contributed by atoms with Crippen LogP contribution in [-0.2, 0) is 4.79 Å². The highest BCUT2D eigenvalue weighted by Gasteiger charge is 2.30. The zero-order valence-corrected chi connectivity index (χ0v) is 10.7. The van der Waals surface area contributed by atoms with Crippen LogP contribution in [-0.4, -0.2) is 35.0 Å². The van der Waals surface area contributed by atoms with Gasteiger partial charge in [0.05, 0.1) is 11.7 Å². The highest BCUT2D eigenvalue weighted by atomic mass is 16.3. The highest BCUT2D eigenvalue weighted by Crippen LogP contribution is 2.24. The summed E-state index contributed by atoms with van der Waals surface area (Å²) in [6.07, 6.45) is 3.03. The van der Waals surface area contributed by atoms with Gasteiger partial charge in [-0.3, -0.25) is 9.69 Å². The number of hydrogen-bond acceptors (Lipinski definition) is 3. The molecule has 4 nitrogen and oxygen atoms in total. The third-order valence-electron chi connectivity index (χ3n) is 3.34. The summed E-state index contributed by atoms with van der Waals surface area (Å²) in [5.41, 5.74) is 0.492. The lowest BCUT2D eigenvalue weighted by atomic mass is 10.2. The molecular weight excluding hydrogens is 228 g/mol. The molecule has 0 spiro atoms. The molecule has 98 valence electrons. The van der Waals surface area contributed by atoms with Crippen LogP contribution in [0.3, 0.4) is 0 Å². The summed E-state index contributed by atoms with van der Waals surface area (Å²) in [6.45, 7) is 4.07. The summed E-state index contributed by atoms with van der Waals surface area (Å²) in [5, 5.41) is 12.5. The Bertz CT molecular complexity index is 420. The summed E-state index contributed by atoms with van der Waals surface area (Å²) >= 11 is 0. The SMILES string of the molecule is CCCN1CCC[C@H]1C(=O)Nc1ccccc1O. The van der Waals surface area contributed by atoms with Gasteiger partial charge in [-0.05, 0) is 44.5 Å². The summed E-state index contributed by atoms with van der Waals surface area (Å²) in [5.74, 6) is 0.105. The van der Waals surface area contributed by atoms with Gasteiger partial charge >= 0.3 is 0 Å². The predicted octanol–water partition coefficient (Wildman–Crippen LogP) is 2.21. The van der Waals surface area contributed by atoms with Crippen molar-refractivity contribution in [1.82, 2.24) is 4.90 Å². The lowest BCUT2D eigenvalue weighted by molar-refractivity contribution is -0.120. The van der Waals surface area contributed by atoms with Crippen LogP contribution in [0.2, 0.25) is 0 Å². The summed E-state index contributed by atoms with van der Waals surface area (Å²) in [6, 6.07) is 6.78. The number of para-hydroxylation sites is 2. The van der Waals surface area contributed by atoms with Gasteiger partial charge in [-0.1, -0.05) is 19.1 Å². The van der Waals surface area contributed by atoms with E-state index in [2.05, 4.69) is 17.1 Å². The molecule has 1 amide bonds. The van der Waals surface area contributed by atoms with Crippen molar-refractivity contribution < 1.29 is 9.90 Å². The Hall–Kier alpha value is -1.55. The topological polar surface area (TPSA) is 52.6 Å². The number of rotatable bonds is 4. The van der Waals surface area contributed by atoms with Crippen molar-refractivity contribution in [2.75, 3.05) is 18.4 Å². The van der Waals surface area contributed by atoms with E-state index in [1.54, 1.807) is 24.3 Å². The summed E-state index contributed by atoms with van der Waals surface area (Å²) in [7, 11) is 0. The van der Waals surface area contributed by atoms with Crippen LogP contribution in [0, 0.1) is 0 Å². The second kappa shape index (κ2) is 5.87. The van der Waals surface area contributed by atoms with Crippen molar-refractivity contribution in [3.63, 3.8) is 0 Å². The Morgan fingerprint density at radius 1 is 1.50 bits per heavy atom. The normalized spacial score (nSPS) is 19.9. The fraction of sp³-hybridized carbons (Fsp3) is 0.500. The third kappa shape index (κ3) is 2.82. The fourth-order valence-electron chi connectivity index (χ4n) is 2.47. The average Bonchev–Trinajstić information content (AvgIpc) is 2.81. The van der Waals surface area contributed by atoms with E-state index in [1.165, 1.54) is 0 Å². The average molecular weight is 248 g/mol. The molecule has 0 saturated carbocycles. The van der Waals surface area contributed by atoms with Gasteiger partial charge in [0, 0.05) is 0 Å². The van der Waals surface area contributed by atoms with Gasteiger partial charge in [-0.15, -0.1) is 0 Å². The Labute approximate surface area is 108 Å². The number of likely N-dealkylation sites (tertiary alicyclic amines) is 1. The van der Waals surface area contributed by atoms with Crippen LogP contribution in [0.15, 0.2) is 24.3 Å². The van der Waals surface area contributed by atoms with Gasteiger partial charge < -0.3 is 10.4 Å². The number of benzene rings is 1. The number of phenolic OH excluding ortho intramolecular Hbond substituents is 1. The maximum Gasteiger partial charge on any atom is 0.241 e. The predicted molar refractivity (Wildman–Crippen MR) is 71.6 cm³/mol. The van der Waals surface area contributed by atoms with E-state index >= 15 is 0 Å². The van der Waals surface area contributed by atoms with Crippen molar-refractivity contribution in [2.24, 2.45) is 0 Å². The van der Waals surface area contributed by atoms with E-state index in [0.29, 0.717) is 5.69 Å². The van der Waals surface area contributed by atoms with Crippen LogP contribution in [0.1, 0.15) is 26.2 Å². The molecule has 1 fully saturated rings. The molecule has 1 heterocycles. The van der Waals surface area contributed by atoms with Crippen LogP contribution in [0.5, 0.6) is 5.75 Å². The molecule has 2 N–H and O–H groups in total. The van der Waals surface area contributed by atoms with Gasteiger partial charge in [0.1, 0.15) is 5.75 Å². The van der Waals surface area contributed by atoms with Crippen LogP contribution >= 0.6 is 0 Å². The quantitative estimate of drug-likeness (QED) is 0.803. The third-order valence-corrected chi connectivity index (χ3v) is 3.34. The number of nitrogens with zero attached hydrogens (tertiary/aromatic N) is 1. The number of hydrogen-bond donors (Lipinski definition) is 2. The van der Waals surface area contributed by atoms with E-state index in [9.17, 15) is 9.90 Å². The first-order chi connectivity index (χ1) is 8.72. The molecule has 1 saturated heterocycles. The molecule has 4 heteroatoms. The number of nitrogens with one attached hydrogen (secondary N) is 1. The van der Waals surface area contributed by atoms with Gasteiger partial charge in [-0.25, -0.2) is 0 Å². The zero-order chi connectivity index (χ0) is 13.0. The van der Waals surface area contributed by atoms with Gasteiger partial charge in [0.2, 0.25) is 5.91 Å². The molecule has 0 aromatic heterocycles. The number of phenols is 1. The molecule has 18 heavy (non-hydrogen) atoms. The van der Waals surface area contributed by atoms with E-state index < -0.39 is 0 Å². The standard InChI is InChI=1S/C14H20N2O2/c1-2-9-16-10-5-7-12(16)14(18)15-11-6-3-4-8-13(11)17/h3-4,6,8,12,17H,2,5,7,9-10H2,1H3,(H,15,18)/t12-/m0/s1. The van der Waals surface area contributed by atoms with Crippen molar-refractivity contribution in [2.45, 2.75) is 32.2 Å². The number of aromatic hydroxyl groups is 1. The van der Waals surface area contributed by atoms with Crippen LogP contribution in [0.25, 0.3) is 0 Å². The van der Waals surface area contributed by atoms with Crippen LogP contribution < -0.4 is 5.32 Å². The zero-order valence-electron chi connectivity index (χ0n) is 10.7. The fourth-order valence-corrected chi connectivity index (χ4v) is 2.47. The maximum atomic E-state index is 12.2. The molecule has 1 aromatic carbocycles. The van der Waals surface area contributed by atoms with E-state index in [-0.39, 0.29) is 17.7 Å². The molecule has 1 aliphatic rings. The van der Waals surface area contributed by atoms with Gasteiger partial charge in [-0.2, -0.15) is 0 Å². The smallest absolute Gasteiger partial charge is 0.241 e. The molecule has 1 aromatic rings. The summed E-state index contributed by atoms with van der Waals surface area (Å²) < 4.78 is 0. The molecule has 1 aliphatic heterocycles. The molecule has 1 atom stereocenters. The monoisotopic (exact) mass is 248 g/mol. The first kappa shape index (κ1) is 12.9. The van der Waals surface area contributed by atoms with Crippen molar-refractivity contribution in [3.05, 3.63) is 24.3 Å². The Morgan fingerprint density at radius 3 is 3.00 bits per heavy atom. The number of carbonyl (C=O) groups is 1. The van der Waals surface area contributed by atoms with Crippen molar-refractivity contribution in [1.29, 1.82) is 0 Å². The van der Waals surface area contributed by atoms with E-state index in [4.69, 9.17) is 0 Å². The largest absolute Gasteiger partial charge is 0.506 e. The maximum absolute atomic E-state index is 12.2. The molecule has 0 aliphatic carbocycles. The Kier molecular flexibility index (Phi) is 4.20. The number of carbonyl (C=O) groups excluding carboxylic acids is 1. The minimum absolute atomic E-state index is 0.0116. The molecular formula is C14H20N2O2. The van der Waals surface area contributed by atoms with Gasteiger partial charge in [0.25, 0.3) is 0 Å². The van der Waals surface area contributed by atoms with Crippen molar-refractivity contribution >= 4 is 11.6 Å². The highest BCUT2D eigenvalue weighted by molar-refractivity contribution is 5.96. The Balaban J connectivity index is 2.01. The lowest BCUT2D eigenvalue weighted by Gasteiger charge is -2.23. The second-order valence-corrected chi connectivity index (χ2v) is 4.70. The number of amides is 1. The first-order valence-electron chi connectivity index (χ1n) is 6.55. The minimum atomic E-state index is -0.0513. The minimum Gasteiger partial charge on any atom is -0.506 e. The summed E-state index contributed by atoms with van der Waals surface area (Å²) in [4.78, 5) is 14.4. The molecule has 0 unspecified atom stereocenters. The van der Waals surface area contributed by atoms with Gasteiger partial charge in [0.15, 0.2) is 0 Å². The van der Waals surface area contributed by atoms with Crippen molar-refractivity contribution in [3.8, 4) is 5.75 Å². The lowest BCUT2D eigenvalue weighted by Crippen LogP contribution is -2.39. The van der Waals surface area contributed by atoms with E-state index in [0.717, 1.165) is 32.4 Å². The second-order valence-electron chi connectivity index (χ2n) is 4.70. The molecule has 2 rings (SSSR count). The Morgan fingerprint density at radius 2 is 2.28 bits per heavy atom. The molecule has 0 radical (unpaired) electrons. The number of anilines is 1. The first-order valence-corrected chi connectivity index (χ1v) is 6.55.